The second-order valence-electron chi connectivity index (χ2n) is 3.16. The van der Waals surface area contributed by atoms with Gasteiger partial charge in [-0.3, -0.25) is 0 Å². The normalized spacial score (nSPS) is 11.3. The van der Waals surface area contributed by atoms with Crippen LogP contribution in [0.5, 0.6) is 0 Å². The van der Waals surface area contributed by atoms with Crippen molar-refractivity contribution in [3.63, 3.8) is 0 Å². The second-order valence-corrected chi connectivity index (χ2v) is 5.18. The molecule has 0 fully saturated rings. The van der Waals surface area contributed by atoms with E-state index >= 15 is 0 Å². The molecule has 0 amide bonds. The molecule has 0 N–H and O–H groups in total. The summed E-state index contributed by atoms with van der Waals surface area (Å²) in [5.41, 5.74) is 0.892. The van der Waals surface area contributed by atoms with Crippen LogP contribution in [0.4, 0.5) is 5.69 Å². The quantitative estimate of drug-likeness (QED) is 0.717. The molecule has 4 heteroatoms. The molecule has 1 aromatic carbocycles. The van der Waals surface area contributed by atoms with E-state index in [0.717, 1.165) is 5.69 Å². The van der Waals surface area contributed by atoms with Crippen LogP contribution in [0, 0.1) is 0 Å². The van der Waals surface area contributed by atoms with Crippen molar-refractivity contribution in [2.24, 2.45) is 0 Å². The molecule has 0 aliphatic heterocycles. The maximum absolute atomic E-state index is 11.2. The Hall–Kier alpha value is -1.03. The molecule has 0 saturated heterocycles. The van der Waals surface area contributed by atoms with Gasteiger partial charge in [-0.2, -0.15) is 0 Å². The Balaban J connectivity index is 3.21. The predicted molar refractivity (Wildman–Crippen MR) is 53.9 cm³/mol. The topological polar surface area (TPSA) is 37.4 Å². The van der Waals surface area contributed by atoms with Crippen molar-refractivity contribution in [1.29, 1.82) is 0 Å². The maximum Gasteiger partial charge on any atom is 0.175 e. The van der Waals surface area contributed by atoms with Gasteiger partial charge in [0.05, 0.1) is 4.90 Å². The van der Waals surface area contributed by atoms with E-state index in [1.165, 1.54) is 6.26 Å². The summed E-state index contributed by atoms with van der Waals surface area (Å²) in [6.07, 6.45) is 1.21. The highest BCUT2D eigenvalue weighted by molar-refractivity contribution is 7.90. The van der Waals surface area contributed by atoms with E-state index in [1.54, 1.807) is 18.2 Å². The Kier molecular flexibility index (Phi) is 2.61. The molecule has 1 aromatic rings. The number of hydrogen-bond acceptors (Lipinski definition) is 3. The Morgan fingerprint density at radius 2 is 1.85 bits per heavy atom. The smallest absolute Gasteiger partial charge is 0.175 e. The standard InChI is InChI=1S/C9H13NO2S/c1-10(2)8-5-4-6-9(7-8)13(3,11)12/h4-7H,1-3H3. The van der Waals surface area contributed by atoms with E-state index in [1.807, 2.05) is 25.1 Å². The van der Waals surface area contributed by atoms with E-state index in [-0.39, 0.29) is 0 Å². The molecule has 0 spiro atoms. The molecule has 13 heavy (non-hydrogen) atoms. The monoisotopic (exact) mass is 199 g/mol. The highest BCUT2D eigenvalue weighted by atomic mass is 32.2. The highest BCUT2D eigenvalue weighted by Crippen LogP contribution is 2.16. The van der Waals surface area contributed by atoms with Gasteiger partial charge in [0, 0.05) is 26.0 Å². The third kappa shape index (κ3) is 2.45. The summed E-state index contributed by atoms with van der Waals surface area (Å²) in [6.45, 7) is 0. The predicted octanol–water partition coefficient (Wildman–Crippen LogP) is 1.16. The van der Waals surface area contributed by atoms with Crippen molar-refractivity contribution in [3.05, 3.63) is 24.3 Å². The molecule has 0 radical (unpaired) electrons. The van der Waals surface area contributed by atoms with Gasteiger partial charge in [-0.15, -0.1) is 0 Å². The molecule has 0 unspecified atom stereocenters. The van der Waals surface area contributed by atoms with Crippen LogP contribution in [0.3, 0.4) is 0 Å². The minimum atomic E-state index is -3.09. The Morgan fingerprint density at radius 3 is 2.31 bits per heavy atom. The van der Waals surface area contributed by atoms with Gasteiger partial charge in [0.25, 0.3) is 0 Å². The first-order valence-electron chi connectivity index (χ1n) is 3.89. The molecule has 3 nitrogen and oxygen atoms in total. The molecule has 1 rings (SSSR count). The van der Waals surface area contributed by atoms with Crippen LogP contribution in [0.25, 0.3) is 0 Å². The summed E-state index contributed by atoms with van der Waals surface area (Å²) < 4.78 is 22.4. The van der Waals surface area contributed by atoms with Gasteiger partial charge in [0.15, 0.2) is 9.84 Å². The molecule has 0 aromatic heterocycles. The minimum absolute atomic E-state index is 0.360. The summed E-state index contributed by atoms with van der Waals surface area (Å²) in [5, 5.41) is 0. The van der Waals surface area contributed by atoms with Crippen molar-refractivity contribution < 1.29 is 8.42 Å². The van der Waals surface area contributed by atoms with Gasteiger partial charge in [-0.05, 0) is 18.2 Å². The maximum atomic E-state index is 11.2. The third-order valence-corrected chi connectivity index (χ3v) is 2.87. The van der Waals surface area contributed by atoms with Crippen molar-refractivity contribution >= 4 is 15.5 Å². The lowest BCUT2D eigenvalue weighted by atomic mass is 10.3. The van der Waals surface area contributed by atoms with E-state index in [4.69, 9.17) is 0 Å². The third-order valence-electron chi connectivity index (χ3n) is 1.76. The van der Waals surface area contributed by atoms with Crippen LogP contribution in [0.1, 0.15) is 0 Å². The highest BCUT2D eigenvalue weighted by Gasteiger charge is 2.07. The lowest BCUT2D eigenvalue weighted by Crippen LogP contribution is -2.09. The molecule has 0 saturated carbocycles. The Morgan fingerprint density at radius 1 is 1.23 bits per heavy atom. The van der Waals surface area contributed by atoms with Gasteiger partial charge in [-0.25, -0.2) is 8.42 Å². The zero-order valence-corrected chi connectivity index (χ0v) is 8.80. The summed E-state index contributed by atoms with van der Waals surface area (Å²) in [6, 6.07) is 6.87. The van der Waals surface area contributed by atoms with Crippen LogP contribution >= 0.6 is 0 Å². The van der Waals surface area contributed by atoms with Crippen LogP contribution in [0.15, 0.2) is 29.2 Å². The summed E-state index contributed by atoms with van der Waals surface area (Å²) in [4.78, 5) is 2.23. The fourth-order valence-electron chi connectivity index (χ4n) is 0.992. The molecule has 0 heterocycles. The van der Waals surface area contributed by atoms with Gasteiger partial charge >= 0.3 is 0 Å². The average molecular weight is 199 g/mol. The van der Waals surface area contributed by atoms with Crippen LogP contribution in [-0.2, 0) is 9.84 Å². The lowest BCUT2D eigenvalue weighted by molar-refractivity contribution is 0.602. The fraction of sp³-hybridized carbons (Fsp3) is 0.333. The van der Waals surface area contributed by atoms with Gasteiger partial charge in [0.1, 0.15) is 0 Å². The molecule has 0 bridgehead atoms. The zero-order valence-electron chi connectivity index (χ0n) is 7.98. The molecule has 0 aliphatic carbocycles. The first-order chi connectivity index (χ1) is 5.91. The number of anilines is 1. The van der Waals surface area contributed by atoms with E-state index in [2.05, 4.69) is 0 Å². The van der Waals surface area contributed by atoms with Crippen molar-refractivity contribution in [2.45, 2.75) is 4.90 Å². The van der Waals surface area contributed by atoms with Crippen molar-refractivity contribution in [2.75, 3.05) is 25.3 Å². The summed E-state index contributed by atoms with van der Waals surface area (Å²) >= 11 is 0. The van der Waals surface area contributed by atoms with Crippen LogP contribution < -0.4 is 4.90 Å². The van der Waals surface area contributed by atoms with Crippen LogP contribution in [-0.4, -0.2) is 28.8 Å². The molecule has 0 atom stereocenters. The van der Waals surface area contributed by atoms with Gasteiger partial charge in [-0.1, -0.05) is 6.07 Å². The minimum Gasteiger partial charge on any atom is -0.378 e. The van der Waals surface area contributed by atoms with E-state index in [0.29, 0.717) is 4.90 Å². The first kappa shape index (κ1) is 10.1. The van der Waals surface area contributed by atoms with Gasteiger partial charge < -0.3 is 4.90 Å². The fourth-order valence-corrected chi connectivity index (χ4v) is 1.65. The Bertz CT molecular complexity index is 396. The Labute approximate surface area is 78.9 Å². The van der Waals surface area contributed by atoms with E-state index in [9.17, 15) is 8.42 Å². The number of hydrogen-bond donors (Lipinski definition) is 0. The van der Waals surface area contributed by atoms with Crippen molar-refractivity contribution in [1.82, 2.24) is 0 Å². The molecule has 0 aliphatic rings. The van der Waals surface area contributed by atoms with Crippen molar-refractivity contribution in [3.8, 4) is 0 Å². The summed E-state index contributed by atoms with van der Waals surface area (Å²) in [5.74, 6) is 0. The lowest BCUT2D eigenvalue weighted by Gasteiger charge is -2.12. The summed E-state index contributed by atoms with van der Waals surface area (Å²) in [7, 11) is 0.667. The number of sulfone groups is 1. The molecular formula is C9H13NO2S. The number of nitrogens with zero attached hydrogens (tertiary/aromatic N) is 1. The SMILES string of the molecule is CN(C)c1cccc(S(C)(=O)=O)c1. The van der Waals surface area contributed by atoms with Crippen LogP contribution in [0.2, 0.25) is 0 Å². The largest absolute Gasteiger partial charge is 0.378 e. The zero-order chi connectivity index (χ0) is 10.1. The van der Waals surface area contributed by atoms with Gasteiger partial charge in [0.2, 0.25) is 0 Å². The molecule has 72 valence electrons. The first-order valence-corrected chi connectivity index (χ1v) is 5.78. The number of benzene rings is 1. The molecular weight excluding hydrogens is 186 g/mol. The number of rotatable bonds is 2. The second kappa shape index (κ2) is 3.38. The van der Waals surface area contributed by atoms with E-state index < -0.39 is 9.84 Å². The average Bonchev–Trinajstić information content (AvgIpc) is 2.03.